The summed E-state index contributed by atoms with van der Waals surface area (Å²) in [6.45, 7) is 1.89. The Kier molecular flexibility index (Phi) is 4.51. The van der Waals surface area contributed by atoms with E-state index in [0.29, 0.717) is 22.6 Å². The molecule has 0 saturated carbocycles. The predicted molar refractivity (Wildman–Crippen MR) is 78.9 cm³/mol. The van der Waals surface area contributed by atoms with Gasteiger partial charge in [-0.15, -0.1) is 0 Å². The van der Waals surface area contributed by atoms with E-state index in [9.17, 15) is 15.2 Å². The van der Waals surface area contributed by atoms with Crippen molar-refractivity contribution in [3.05, 3.63) is 38.4 Å². The Hall–Kier alpha value is -2.75. The third-order valence-corrected chi connectivity index (χ3v) is 3.09. The molecule has 0 fully saturated rings. The number of rotatable bonds is 5. The van der Waals surface area contributed by atoms with Gasteiger partial charge in [0.05, 0.1) is 18.2 Å². The first kappa shape index (κ1) is 15.6. The van der Waals surface area contributed by atoms with Crippen LogP contribution < -0.4 is 9.84 Å². The van der Waals surface area contributed by atoms with Gasteiger partial charge in [-0.1, -0.05) is 6.92 Å². The molecule has 0 atom stereocenters. The van der Waals surface area contributed by atoms with Gasteiger partial charge in [-0.3, -0.25) is 15.2 Å². The Bertz CT molecular complexity index is 795. The summed E-state index contributed by atoms with van der Waals surface area (Å²) in [5.41, 5.74) is -0.236. The van der Waals surface area contributed by atoms with Gasteiger partial charge < -0.3 is 9.84 Å². The summed E-state index contributed by atoms with van der Waals surface area (Å²) < 4.78 is 6.56. The summed E-state index contributed by atoms with van der Waals surface area (Å²) in [7, 11) is 1.27. The maximum Gasteiger partial charge on any atom is 0.266 e. The second-order valence-corrected chi connectivity index (χ2v) is 4.57. The van der Waals surface area contributed by atoms with Crippen LogP contribution >= 0.6 is 12.2 Å². The van der Waals surface area contributed by atoms with Gasteiger partial charge in [0.25, 0.3) is 5.69 Å². The summed E-state index contributed by atoms with van der Waals surface area (Å²) in [6.07, 6.45) is 1.95. The molecule has 0 bridgehead atoms. The van der Waals surface area contributed by atoms with E-state index in [2.05, 4.69) is 15.3 Å². The normalized spacial score (nSPS) is 11.0. The molecule has 0 radical (unpaired) electrons. The van der Waals surface area contributed by atoms with Gasteiger partial charge in [-0.05, 0) is 18.3 Å². The van der Waals surface area contributed by atoms with Crippen molar-refractivity contribution >= 4 is 24.1 Å². The summed E-state index contributed by atoms with van der Waals surface area (Å²) in [4.78, 5) is 10.1. The zero-order valence-corrected chi connectivity index (χ0v) is 12.6. The second-order valence-electron chi connectivity index (χ2n) is 4.18. The van der Waals surface area contributed by atoms with Crippen molar-refractivity contribution in [1.82, 2.24) is 14.9 Å². The number of nitrogens with one attached hydrogen (secondary N) is 1. The first-order valence-electron chi connectivity index (χ1n) is 6.22. The third-order valence-electron chi connectivity index (χ3n) is 2.83. The fraction of sp³-hybridized carbons (Fsp3) is 0.250. The topological polar surface area (TPSA) is 121 Å². The lowest BCUT2D eigenvalue weighted by molar-refractivity contribution is -0.398. The molecule has 0 aliphatic heterocycles. The number of nitro groups is 1. The molecule has 0 amide bonds. The van der Waals surface area contributed by atoms with Crippen molar-refractivity contribution in [2.24, 2.45) is 5.10 Å². The molecule has 22 heavy (non-hydrogen) atoms. The van der Waals surface area contributed by atoms with Crippen molar-refractivity contribution in [2.75, 3.05) is 7.11 Å². The maximum absolute atomic E-state index is 11.7. The number of aromatic amines is 1. The van der Waals surface area contributed by atoms with E-state index >= 15 is 0 Å². The van der Waals surface area contributed by atoms with Crippen LogP contribution in [0.2, 0.25) is 0 Å². The highest BCUT2D eigenvalue weighted by atomic mass is 32.1. The van der Waals surface area contributed by atoms with E-state index < -0.39 is 16.4 Å². The summed E-state index contributed by atoms with van der Waals surface area (Å²) >= 11 is 5.04. The molecule has 9 nitrogen and oxygen atoms in total. The van der Waals surface area contributed by atoms with Gasteiger partial charge in [0.2, 0.25) is 4.77 Å². The number of benzene rings is 1. The average Bonchev–Trinajstić information content (AvgIpc) is 2.86. The van der Waals surface area contributed by atoms with Crippen LogP contribution in [0.15, 0.2) is 17.2 Å². The van der Waals surface area contributed by atoms with Crippen molar-refractivity contribution in [3.63, 3.8) is 0 Å². The van der Waals surface area contributed by atoms with E-state index in [1.807, 2.05) is 6.92 Å². The van der Waals surface area contributed by atoms with Gasteiger partial charge in [0.15, 0.2) is 5.82 Å². The SMILES string of the molecule is CCc1n[nH]c(=S)n1/N=C\c1cc(OC)c([O-])c([N+](=O)[O-])c1. The van der Waals surface area contributed by atoms with Gasteiger partial charge in [-0.2, -0.15) is 14.9 Å². The predicted octanol–water partition coefficient (Wildman–Crippen LogP) is 1.38. The molecule has 2 rings (SSSR count). The molecule has 0 unspecified atom stereocenters. The summed E-state index contributed by atoms with van der Waals surface area (Å²) in [5.74, 6) is -0.288. The Morgan fingerprint density at radius 2 is 2.32 bits per heavy atom. The Labute approximate surface area is 130 Å². The number of aromatic nitrogens is 3. The van der Waals surface area contributed by atoms with Crippen LogP contribution in [0.1, 0.15) is 18.3 Å². The van der Waals surface area contributed by atoms with E-state index in [4.69, 9.17) is 17.0 Å². The average molecular weight is 322 g/mol. The van der Waals surface area contributed by atoms with Crippen molar-refractivity contribution < 1.29 is 14.8 Å². The third kappa shape index (κ3) is 2.96. The molecule has 2 aromatic rings. The monoisotopic (exact) mass is 322 g/mol. The van der Waals surface area contributed by atoms with Crippen LogP contribution in [0.3, 0.4) is 0 Å². The minimum absolute atomic E-state index is 0.123. The zero-order valence-electron chi connectivity index (χ0n) is 11.8. The lowest BCUT2D eigenvalue weighted by atomic mass is 10.2. The van der Waals surface area contributed by atoms with Crippen LogP contribution in [0.25, 0.3) is 0 Å². The van der Waals surface area contributed by atoms with E-state index in [-0.39, 0.29) is 5.75 Å². The Morgan fingerprint density at radius 1 is 1.59 bits per heavy atom. The quantitative estimate of drug-likeness (QED) is 0.384. The molecule has 116 valence electrons. The fourth-order valence-electron chi connectivity index (χ4n) is 1.77. The molecule has 1 heterocycles. The number of ether oxygens (including phenoxy) is 1. The number of nitrogens with zero attached hydrogens (tertiary/aromatic N) is 4. The van der Waals surface area contributed by atoms with Gasteiger partial charge in [-0.25, -0.2) is 0 Å². The summed E-state index contributed by atoms with van der Waals surface area (Å²) in [5, 5.41) is 33.4. The molecule has 1 aromatic carbocycles. The molecule has 0 saturated heterocycles. The lowest BCUT2D eigenvalue weighted by Gasteiger charge is -2.12. The first-order valence-corrected chi connectivity index (χ1v) is 6.62. The van der Waals surface area contributed by atoms with Crippen LogP contribution in [0.5, 0.6) is 11.5 Å². The number of nitro benzene ring substituents is 1. The molecule has 0 aliphatic carbocycles. The highest BCUT2D eigenvalue weighted by molar-refractivity contribution is 7.71. The van der Waals surface area contributed by atoms with E-state index in [0.717, 1.165) is 6.07 Å². The molecule has 0 aliphatic rings. The van der Waals surface area contributed by atoms with E-state index in [1.165, 1.54) is 24.1 Å². The maximum atomic E-state index is 11.7. The highest BCUT2D eigenvalue weighted by Gasteiger charge is 2.13. The molecule has 1 N–H and O–H groups in total. The number of aryl methyl sites for hydroxylation is 1. The van der Waals surface area contributed by atoms with Gasteiger partial charge in [0, 0.05) is 23.8 Å². The molecular formula is C12H12N5O4S-. The number of methoxy groups -OCH3 is 1. The second kappa shape index (κ2) is 6.35. The van der Waals surface area contributed by atoms with Crippen LogP contribution in [0.4, 0.5) is 5.69 Å². The minimum Gasteiger partial charge on any atom is -0.865 e. The van der Waals surface area contributed by atoms with Crippen LogP contribution in [-0.4, -0.2) is 33.1 Å². The smallest absolute Gasteiger partial charge is 0.266 e. The van der Waals surface area contributed by atoms with Gasteiger partial charge >= 0.3 is 0 Å². The van der Waals surface area contributed by atoms with Crippen LogP contribution in [0, 0.1) is 14.9 Å². The molecular weight excluding hydrogens is 310 g/mol. The molecule has 0 spiro atoms. The highest BCUT2D eigenvalue weighted by Crippen LogP contribution is 2.33. The van der Waals surface area contributed by atoms with Crippen LogP contribution in [-0.2, 0) is 6.42 Å². The lowest BCUT2D eigenvalue weighted by Crippen LogP contribution is -2.03. The Morgan fingerprint density at radius 3 is 2.91 bits per heavy atom. The summed E-state index contributed by atoms with van der Waals surface area (Å²) in [6, 6.07) is 2.50. The standard InChI is InChI=1S/C12H13N5O4S/c1-3-10-14-15-12(22)16(10)13-6-7-4-8(17(19)20)11(18)9(5-7)21-2/h4-6,18H,3H2,1-2H3,(H,15,22)/p-1/b13-6-. The first-order chi connectivity index (χ1) is 10.5. The van der Waals surface area contributed by atoms with E-state index in [1.54, 1.807) is 0 Å². The Balaban J connectivity index is 2.47. The number of hydrogen-bond donors (Lipinski definition) is 1. The molecule has 1 aromatic heterocycles. The number of H-pyrrole nitrogens is 1. The van der Waals surface area contributed by atoms with Crippen molar-refractivity contribution in [1.29, 1.82) is 0 Å². The van der Waals surface area contributed by atoms with Crippen molar-refractivity contribution in [3.8, 4) is 11.5 Å². The number of hydrogen-bond acceptors (Lipinski definition) is 7. The zero-order chi connectivity index (χ0) is 16.3. The minimum atomic E-state index is -0.779. The van der Waals surface area contributed by atoms with Gasteiger partial charge in [0.1, 0.15) is 5.75 Å². The largest absolute Gasteiger partial charge is 0.865 e. The fourth-order valence-corrected chi connectivity index (χ4v) is 1.96. The molecule has 10 heteroatoms. The van der Waals surface area contributed by atoms with Crippen molar-refractivity contribution in [2.45, 2.75) is 13.3 Å².